The molecule has 0 aliphatic carbocycles. The summed E-state index contributed by atoms with van der Waals surface area (Å²) in [6.07, 6.45) is 0. The van der Waals surface area contributed by atoms with Gasteiger partial charge >= 0.3 is 0 Å². The highest BCUT2D eigenvalue weighted by Gasteiger charge is 2.18. The van der Waals surface area contributed by atoms with Gasteiger partial charge in [-0.15, -0.1) is 0 Å². The van der Waals surface area contributed by atoms with Gasteiger partial charge in [0.25, 0.3) is 5.91 Å². The first-order valence-electron chi connectivity index (χ1n) is 7.13. The van der Waals surface area contributed by atoms with Crippen molar-refractivity contribution in [2.45, 2.75) is 6.54 Å². The van der Waals surface area contributed by atoms with Crippen LogP contribution in [0.2, 0.25) is 10.0 Å². The minimum Gasteiger partial charge on any atom is -0.337 e. The predicted molar refractivity (Wildman–Crippen MR) is 92.0 cm³/mol. The zero-order chi connectivity index (χ0) is 17.1. The second-order valence-electron chi connectivity index (χ2n) is 5.13. The van der Waals surface area contributed by atoms with Crippen LogP contribution in [0.3, 0.4) is 0 Å². The molecule has 24 heavy (non-hydrogen) atoms. The summed E-state index contributed by atoms with van der Waals surface area (Å²) >= 11 is 12.2. The summed E-state index contributed by atoms with van der Waals surface area (Å²) < 4.78 is 5.21. The average molecular weight is 362 g/mol. The van der Waals surface area contributed by atoms with Gasteiger partial charge in [0.05, 0.1) is 22.2 Å². The summed E-state index contributed by atoms with van der Waals surface area (Å²) in [5.74, 6) is 0.472. The van der Waals surface area contributed by atoms with Gasteiger partial charge in [-0.2, -0.15) is 4.98 Å². The molecule has 0 saturated heterocycles. The fourth-order valence-corrected chi connectivity index (χ4v) is 2.62. The molecule has 0 fully saturated rings. The number of hydrogen-bond acceptors (Lipinski definition) is 4. The molecule has 0 unspecified atom stereocenters. The average Bonchev–Trinajstić information content (AvgIpc) is 3.03. The Morgan fingerprint density at radius 2 is 1.75 bits per heavy atom. The Morgan fingerprint density at radius 1 is 1.08 bits per heavy atom. The van der Waals surface area contributed by atoms with Crippen LogP contribution in [0.4, 0.5) is 0 Å². The Kier molecular flexibility index (Phi) is 4.83. The molecule has 0 saturated carbocycles. The van der Waals surface area contributed by atoms with Crippen LogP contribution < -0.4 is 0 Å². The fourth-order valence-electron chi connectivity index (χ4n) is 2.19. The molecule has 2 aromatic carbocycles. The molecule has 1 aromatic heterocycles. The van der Waals surface area contributed by atoms with E-state index in [1.165, 1.54) is 4.90 Å². The van der Waals surface area contributed by atoms with E-state index in [0.717, 1.165) is 0 Å². The highest BCUT2D eigenvalue weighted by molar-refractivity contribution is 6.34. The van der Waals surface area contributed by atoms with E-state index >= 15 is 0 Å². The maximum absolute atomic E-state index is 12.4. The molecule has 7 heteroatoms. The number of rotatable bonds is 4. The SMILES string of the molecule is CN(Cc1nc(-c2ccccc2Cl)no1)C(=O)c1ccccc1Cl. The number of carbonyl (C=O) groups is 1. The van der Waals surface area contributed by atoms with E-state index in [0.29, 0.717) is 32.9 Å². The van der Waals surface area contributed by atoms with Crippen LogP contribution in [0.15, 0.2) is 53.1 Å². The van der Waals surface area contributed by atoms with Gasteiger partial charge in [0.15, 0.2) is 0 Å². The van der Waals surface area contributed by atoms with Crippen molar-refractivity contribution in [3.63, 3.8) is 0 Å². The van der Waals surface area contributed by atoms with Gasteiger partial charge in [-0.1, -0.05) is 52.6 Å². The van der Waals surface area contributed by atoms with Crippen molar-refractivity contribution in [2.75, 3.05) is 7.05 Å². The van der Waals surface area contributed by atoms with E-state index in [9.17, 15) is 4.79 Å². The fraction of sp³-hybridized carbons (Fsp3) is 0.118. The summed E-state index contributed by atoms with van der Waals surface area (Å²) in [6.45, 7) is 0.168. The topological polar surface area (TPSA) is 59.2 Å². The predicted octanol–water partition coefficient (Wildman–Crippen LogP) is 4.32. The Balaban J connectivity index is 1.76. The summed E-state index contributed by atoms with van der Waals surface area (Å²) in [5.41, 5.74) is 1.10. The minimum absolute atomic E-state index is 0.168. The Hall–Kier alpha value is -2.37. The smallest absolute Gasteiger partial charge is 0.255 e. The lowest BCUT2D eigenvalue weighted by Gasteiger charge is -2.15. The maximum atomic E-state index is 12.4. The second kappa shape index (κ2) is 7.03. The van der Waals surface area contributed by atoms with E-state index in [4.69, 9.17) is 27.7 Å². The number of carbonyl (C=O) groups excluding carboxylic acids is 1. The normalized spacial score (nSPS) is 10.6. The first-order chi connectivity index (χ1) is 11.6. The van der Waals surface area contributed by atoms with Gasteiger partial charge in [-0.3, -0.25) is 4.79 Å². The summed E-state index contributed by atoms with van der Waals surface area (Å²) in [4.78, 5) is 18.2. The Bertz CT molecular complexity index is 880. The molecule has 122 valence electrons. The van der Waals surface area contributed by atoms with Crippen molar-refractivity contribution in [1.29, 1.82) is 0 Å². The van der Waals surface area contributed by atoms with Crippen LogP contribution in [0, 0.1) is 0 Å². The third-order valence-electron chi connectivity index (χ3n) is 3.41. The van der Waals surface area contributed by atoms with Gasteiger partial charge in [-0.05, 0) is 24.3 Å². The molecule has 0 aliphatic heterocycles. The number of benzene rings is 2. The van der Waals surface area contributed by atoms with Crippen molar-refractivity contribution in [3.8, 4) is 11.4 Å². The van der Waals surface area contributed by atoms with E-state index in [2.05, 4.69) is 10.1 Å². The molecule has 5 nitrogen and oxygen atoms in total. The van der Waals surface area contributed by atoms with E-state index in [1.54, 1.807) is 43.4 Å². The van der Waals surface area contributed by atoms with E-state index < -0.39 is 0 Å². The van der Waals surface area contributed by atoms with E-state index in [1.807, 2.05) is 12.1 Å². The Morgan fingerprint density at radius 3 is 2.46 bits per heavy atom. The molecule has 0 aliphatic rings. The molecule has 0 spiro atoms. The summed E-state index contributed by atoms with van der Waals surface area (Å²) in [7, 11) is 1.64. The lowest BCUT2D eigenvalue weighted by molar-refractivity contribution is 0.0770. The first-order valence-corrected chi connectivity index (χ1v) is 7.89. The second-order valence-corrected chi connectivity index (χ2v) is 5.95. The van der Waals surface area contributed by atoms with Crippen molar-refractivity contribution in [3.05, 3.63) is 70.0 Å². The standard InChI is InChI=1S/C17H13Cl2N3O2/c1-22(17(23)12-7-3-5-9-14(12)19)10-15-20-16(21-24-15)11-6-2-4-8-13(11)18/h2-9H,10H2,1H3. The number of nitrogens with zero attached hydrogens (tertiary/aromatic N) is 3. The molecular formula is C17H13Cl2N3O2. The quantitative estimate of drug-likeness (QED) is 0.694. The van der Waals surface area contributed by atoms with Crippen LogP contribution in [0.25, 0.3) is 11.4 Å². The van der Waals surface area contributed by atoms with Crippen LogP contribution in [-0.2, 0) is 6.54 Å². The molecule has 1 heterocycles. The third-order valence-corrected chi connectivity index (χ3v) is 4.07. The number of hydrogen-bond donors (Lipinski definition) is 0. The lowest BCUT2D eigenvalue weighted by Crippen LogP contribution is -2.26. The Labute approximate surface area is 148 Å². The molecule has 3 rings (SSSR count). The van der Waals surface area contributed by atoms with E-state index in [-0.39, 0.29) is 12.5 Å². The highest BCUT2D eigenvalue weighted by Crippen LogP contribution is 2.25. The highest BCUT2D eigenvalue weighted by atomic mass is 35.5. The molecule has 3 aromatic rings. The van der Waals surface area contributed by atoms with Gasteiger partial charge in [0.1, 0.15) is 0 Å². The van der Waals surface area contributed by atoms with Crippen LogP contribution in [0.5, 0.6) is 0 Å². The molecule has 0 bridgehead atoms. The zero-order valence-corrected chi connectivity index (χ0v) is 14.3. The largest absolute Gasteiger partial charge is 0.337 e. The van der Waals surface area contributed by atoms with Crippen molar-refractivity contribution in [2.24, 2.45) is 0 Å². The number of aromatic nitrogens is 2. The summed E-state index contributed by atoms with van der Waals surface area (Å²) in [6, 6.07) is 14.1. The maximum Gasteiger partial charge on any atom is 0.255 e. The van der Waals surface area contributed by atoms with Gasteiger partial charge in [0, 0.05) is 12.6 Å². The molecule has 1 amide bonds. The third kappa shape index (κ3) is 3.42. The van der Waals surface area contributed by atoms with Crippen LogP contribution in [-0.4, -0.2) is 28.0 Å². The van der Waals surface area contributed by atoms with Crippen LogP contribution >= 0.6 is 23.2 Å². The first kappa shape index (κ1) is 16.5. The zero-order valence-electron chi connectivity index (χ0n) is 12.7. The number of halogens is 2. The van der Waals surface area contributed by atoms with Gasteiger partial charge in [0.2, 0.25) is 11.7 Å². The van der Waals surface area contributed by atoms with Gasteiger partial charge in [-0.25, -0.2) is 0 Å². The minimum atomic E-state index is -0.224. The monoisotopic (exact) mass is 361 g/mol. The molecule has 0 atom stereocenters. The summed E-state index contributed by atoms with van der Waals surface area (Å²) in [5, 5.41) is 4.85. The lowest BCUT2D eigenvalue weighted by atomic mass is 10.2. The van der Waals surface area contributed by atoms with Crippen molar-refractivity contribution in [1.82, 2.24) is 15.0 Å². The van der Waals surface area contributed by atoms with Crippen LogP contribution in [0.1, 0.15) is 16.2 Å². The van der Waals surface area contributed by atoms with Crippen molar-refractivity contribution >= 4 is 29.1 Å². The molecule has 0 N–H and O–H groups in total. The molecular weight excluding hydrogens is 349 g/mol. The molecule has 0 radical (unpaired) electrons. The number of amides is 1. The van der Waals surface area contributed by atoms with Gasteiger partial charge < -0.3 is 9.42 Å². The van der Waals surface area contributed by atoms with Crippen molar-refractivity contribution < 1.29 is 9.32 Å².